The van der Waals surface area contributed by atoms with Crippen molar-refractivity contribution in [3.63, 3.8) is 0 Å². The first-order chi connectivity index (χ1) is 9.70. The molecular formula is C16H23BrN2O. The van der Waals surface area contributed by atoms with Crippen molar-refractivity contribution in [3.05, 3.63) is 28.7 Å². The van der Waals surface area contributed by atoms with Gasteiger partial charge < -0.3 is 10.2 Å². The summed E-state index contributed by atoms with van der Waals surface area (Å²) in [7, 11) is 0. The van der Waals surface area contributed by atoms with Crippen LogP contribution in [0.2, 0.25) is 0 Å². The van der Waals surface area contributed by atoms with Gasteiger partial charge in [-0.15, -0.1) is 0 Å². The monoisotopic (exact) mass is 338 g/mol. The van der Waals surface area contributed by atoms with Crippen LogP contribution < -0.4 is 5.32 Å². The van der Waals surface area contributed by atoms with Gasteiger partial charge in [0.15, 0.2) is 0 Å². The van der Waals surface area contributed by atoms with Gasteiger partial charge in [-0.2, -0.15) is 0 Å². The molecule has 1 atom stereocenters. The normalized spacial score (nSPS) is 18.9. The van der Waals surface area contributed by atoms with Crippen molar-refractivity contribution in [1.82, 2.24) is 4.90 Å². The molecule has 1 aromatic carbocycles. The maximum atomic E-state index is 12.3. The molecule has 110 valence electrons. The summed E-state index contributed by atoms with van der Waals surface area (Å²) in [5, 5.41) is 3.31. The molecule has 1 aliphatic rings. The molecule has 1 aromatic rings. The quantitative estimate of drug-likeness (QED) is 0.878. The molecular weight excluding hydrogens is 316 g/mol. The van der Waals surface area contributed by atoms with Gasteiger partial charge >= 0.3 is 0 Å². The van der Waals surface area contributed by atoms with Gasteiger partial charge in [0.1, 0.15) is 0 Å². The Hall–Kier alpha value is -1.03. The van der Waals surface area contributed by atoms with Crippen LogP contribution in [0.5, 0.6) is 0 Å². The fraction of sp³-hybridized carbons (Fsp3) is 0.562. The Morgan fingerprint density at radius 1 is 1.35 bits per heavy atom. The van der Waals surface area contributed by atoms with Gasteiger partial charge in [0.25, 0.3) is 0 Å². The van der Waals surface area contributed by atoms with E-state index >= 15 is 0 Å². The Morgan fingerprint density at radius 2 is 2.10 bits per heavy atom. The zero-order valence-corrected chi connectivity index (χ0v) is 13.7. The summed E-state index contributed by atoms with van der Waals surface area (Å²) in [6.07, 6.45) is 5.24. The van der Waals surface area contributed by atoms with E-state index in [1.54, 1.807) is 0 Å². The van der Waals surface area contributed by atoms with Gasteiger partial charge in [-0.3, -0.25) is 4.79 Å². The third kappa shape index (κ3) is 4.23. The Morgan fingerprint density at radius 3 is 2.80 bits per heavy atom. The van der Waals surface area contributed by atoms with E-state index < -0.39 is 0 Å². The zero-order valence-electron chi connectivity index (χ0n) is 12.1. The maximum Gasteiger partial charge on any atom is 0.224 e. The van der Waals surface area contributed by atoms with Crippen LogP contribution in [-0.2, 0) is 4.79 Å². The van der Waals surface area contributed by atoms with Gasteiger partial charge in [0.05, 0.1) is 0 Å². The van der Waals surface area contributed by atoms with Crippen LogP contribution in [-0.4, -0.2) is 29.9 Å². The predicted molar refractivity (Wildman–Crippen MR) is 86.9 cm³/mol. The van der Waals surface area contributed by atoms with E-state index in [1.807, 2.05) is 24.3 Å². The Labute approximate surface area is 129 Å². The molecule has 1 saturated heterocycles. The molecule has 2 rings (SSSR count). The Kier molecular flexibility index (Phi) is 5.89. The lowest BCUT2D eigenvalue weighted by Crippen LogP contribution is -2.43. The smallest absolute Gasteiger partial charge is 0.224 e. The molecule has 0 aliphatic carbocycles. The minimum Gasteiger partial charge on any atom is -0.385 e. The van der Waals surface area contributed by atoms with Gasteiger partial charge in [0, 0.05) is 35.7 Å². The molecule has 0 saturated carbocycles. The molecule has 20 heavy (non-hydrogen) atoms. The molecule has 1 aliphatic heterocycles. The number of likely N-dealkylation sites (tertiary alicyclic amines) is 1. The molecule has 0 aromatic heterocycles. The van der Waals surface area contributed by atoms with Gasteiger partial charge in [-0.25, -0.2) is 0 Å². The van der Waals surface area contributed by atoms with E-state index in [1.165, 1.54) is 12.8 Å². The van der Waals surface area contributed by atoms with Crippen molar-refractivity contribution >= 4 is 27.5 Å². The van der Waals surface area contributed by atoms with Crippen molar-refractivity contribution in [3.8, 4) is 0 Å². The number of nitrogens with zero attached hydrogens (tertiary/aromatic N) is 1. The van der Waals surface area contributed by atoms with Crippen molar-refractivity contribution in [2.24, 2.45) is 0 Å². The van der Waals surface area contributed by atoms with Crippen molar-refractivity contribution in [1.29, 1.82) is 0 Å². The van der Waals surface area contributed by atoms with Crippen LogP contribution in [0.1, 0.15) is 39.0 Å². The van der Waals surface area contributed by atoms with E-state index in [-0.39, 0.29) is 0 Å². The molecule has 1 amide bonds. The number of amides is 1. The first-order valence-electron chi connectivity index (χ1n) is 7.49. The highest BCUT2D eigenvalue weighted by Gasteiger charge is 2.24. The lowest BCUT2D eigenvalue weighted by molar-refractivity contribution is -0.134. The first-order valence-corrected chi connectivity index (χ1v) is 8.29. The maximum absolute atomic E-state index is 12.3. The lowest BCUT2D eigenvalue weighted by Gasteiger charge is -2.35. The minimum atomic E-state index is 0.293. The third-order valence-corrected chi connectivity index (χ3v) is 4.46. The predicted octanol–water partition coefficient (Wildman–Crippen LogP) is 4.04. The topological polar surface area (TPSA) is 32.3 Å². The van der Waals surface area contributed by atoms with Crippen molar-refractivity contribution < 1.29 is 4.79 Å². The number of carbonyl (C=O) groups is 1. The third-order valence-electron chi connectivity index (χ3n) is 3.93. The van der Waals surface area contributed by atoms with Crippen LogP contribution in [0, 0.1) is 0 Å². The number of hydrogen-bond donors (Lipinski definition) is 1. The fourth-order valence-electron chi connectivity index (χ4n) is 2.78. The van der Waals surface area contributed by atoms with E-state index in [0.29, 0.717) is 24.9 Å². The fourth-order valence-corrected chi connectivity index (χ4v) is 3.04. The number of rotatable bonds is 5. The number of anilines is 1. The summed E-state index contributed by atoms with van der Waals surface area (Å²) >= 11 is 3.41. The molecule has 4 heteroatoms. The molecule has 1 N–H and O–H groups in total. The number of carbonyl (C=O) groups excluding carboxylic acids is 1. The largest absolute Gasteiger partial charge is 0.385 e. The van der Waals surface area contributed by atoms with Crippen molar-refractivity contribution in [2.45, 2.75) is 45.1 Å². The molecule has 0 spiro atoms. The molecule has 1 unspecified atom stereocenters. The standard InChI is InChI=1S/C16H23BrN2O/c1-2-15-5-3-4-12-19(15)16(20)10-11-18-14-8-6-13(17)7-9-14/h6-9,15,18H,2-5,10-12H2,1H3. The molecule has 1 fully saturated rings. The van der Waals surface area contributed by atoms with Crippen LogP contribution in [0.25, 0.3) is 0 Å². The van der Waals surface area contributed by atoms with Crippen LogP contribution >= 0.6 is 15.9 Å². The van der Waals surface area contributed by atoms with Gasteiger partial charge in [0.2, 0.25) is 5.91 Å². The molecule has 3 nitrogen and oxygen atoms in total. The first kappa shape index (κ1) is 15.4. The second-order valence-corrected chi connectivity index (χ2v) is 6.24. The number of nitrogens with one attached hydrogen (secondary N) is 1. The van der Waals surface area contributed by atoms with Crippen molar-refractivity contribution in [2.75, 3.05) is 18.4 Å². The van der Waals surface area contributed by atoms with Gasteiger partial charge in [-0.05, 0) is 49.9 Å². The second kappa shape index (κ2) is 7.67. The SMILES string of the molecule is CCC1CCCCN1C(=O)CCNc1ccc(Br)cc1. The summed E-state index contributed by atoms with van der Waals surface area (Å²) in [6.45, 7) is 3.82. The minimum absolute atomic E-state index is 0.293. The molecule has 0 radical (unpaired) electrons. The zero-order chi connectivity index (χ0) is 14.4. The van der Waals surface area contributed by atoms with Crippen LogP contribution in [0.4, 0.5) is 5.69 Å². The Bertz CT molecular complexity index is 433. The highest BCUT2D eigenvalue weighted by Crippen LogP contribution is 2.20. The average Bonchev–Trinajstić information content (AvgIpc) is 2.49. The number of benzene rings is 1. The summed E-state index contributed by atoms with van der Waals surface area (Å²) in [6, 6.07) is 8.50. The average molecular weight is 339 g/mol. The Balaban J connectivity index is 1.78. The number of hydrogen-bond acceptors (Lipinski definition) is 2. The van der Waals surface area contributed by atoms with Crippen LogP contribution in [0.3, 0.4) is 0 Å². The highest BCUT2D eigenvalue weighted by atomic mass is 79.9. The van der Waals surface area contributed by atoms with E-state index in [0.717, 1.165) is 29.5 Å². The van der Waals surface area contributed by atoms with E-state index in [9.17, 15) is 4.79 Å². The second-order valence-electron chi connectivity index (χ2n) is 5.33. The number of halogens is 1. The van der Waals surface area contributed by atoms with Gasteiger partial charge in [-0.1, -0.05) is 22.9 Å². The molecule has 0 bridgehead atoms. The summed E-state index contributed by atoms with van der Waals surface area (Å²) in [5.41, 5.74) is 1.06. The summed E-state index contributed by atoms with van der Waals surface area (Å²) < 4.78 is 1.07. The highest BCUT2D eigenvalue weighted by molar-refractivity contribution is 9.10. The molecule has 1 heterocycles. The van der Waals surface area contributed by atoms with E-state index in [2.05, 4.69) is 33.1 Å². The van der Waals surface area contributed by atoms with Crippen LogP contribution in [0.15, 0.2) is 28.7 Å². The summed E-state index contributed by atoms with van der Waals surface area (Å²) in [4.78, 5) is 14.4. The lowest BCUT2D eigenvalue weighted by atomic mass is 9.99. The summed E-state index contributed by atoms with van der Waals surface area (Å²) in [5.74, 6) is 0.293. The number of piperidine rings is 1. The van der Waals surface area contributed by atoms with E-state index in [4.69, 9.17) is 0 Å².